The molecular formula is C18H25ClN4O3. The van der Waals surface area contributed by atoms with Crippen molar-refractivity contribution in [3.05, 3.63) is 41.8 Å². The van der Waals surface area contributed by atoms with Gasteiger partial charge in [0, 0.05) is 17.8 Å². The molecule has 0 spiro atoms. The quantitative estimate of drug-likeness (QED) is 0.576. The number of hydrogen-bond acceptors (Lipinski definition) is 5. The lowest BCUT2D eigenvalue weighted by atomic mass is 10.1. The van der Waals surface area contributed by atoms with Gasteiger partial charge in [-0.1, -0.05) is 18.0 Å². The minimum Gasteiger partial charge on any atom is -0.361 e. The third-order valence-corrected chi connectivity index (χ3v) is 3.78. The molecule has 142 valence electrons. The zero-order valence-electron chi connectivity index (χ0n) is 14.8. The fourth-order valence-corrected chi connectivity index (χ4v) is 2.36. The first-order valence-corrected chi connectivity index (χ1v) is 8.42. The number of hydrogen-bond donors (Lipinski definition) is 3. The molecule has 0 saturated carbocycles. The number of benzene rings is 1. The Kier molecular flexibility index (Phi) is 9.40. The van der Waals surface area contributed by atoms with Gasteiger partial charge in [-0.25, -0.2) is 0 Å². The molecular weight excluding hydrogens is 356 g/mol. The molecule has 0 bridgehead atoms. The largest absolute Gasteiger partial charge is 0.361 e. The van der Waals surface area contributed by atoms with Crippen LogP contribution in [0.4, 0.5) is 11.4 Å². The molecule has 2 aromatic rings. The molecule has 1 heterocycles. The zero-order chi connectivity index (χ0) is 18.1. The van der Waals surface area contributed by atoms with Crippen molar-refractivity contribution in [1.29, 1.82) is 0 Å². The van der Waals surface area contributed by atoms with Gasteiger partial charge in [-0.05, 0) is 50.6 Å². The summed E-state index contributed by atoms with van der Waals surface area (Å²) in [7, 11) is 0. The molecule has 8 heteroatoms. The topological polar surface area (TPSA) is 110 Å². The van der Waals surface area contributed by atoms with Crippen molar-refractivity contribution in [3.63, 3.8) is 0 Å². The SMILES string of the molecule is Cc1oncc1C(=O)Nc1ccc(NC(=O)CCCCCCN)cc1.Cl. The van der Waals surface area contributed by atoms with Gasteiger partial charge in [0.25, 0.3) is 5.91 Å². The van der Waals surface area contributed by atoms with E-state index in [-0.39, 0.29) is 24.2 Å². The van der Waals surface area contributed by atoms with Crippen molar-refractivity contribution in [2.24, 2.45) is 5.73 Å². The molecule has 4 N–H and O–H groups in total. The fourth-order valence-electron chi connectivity index (χ4n) is 2.36. The maximum absolute atomic E-state index is 12.1. The van der Waals surface area contributed by atoms with E-state index in [1.807, 2.05) is 0 Å². The van der Waals surface area contributed by atoms with E-state index >= 15 is 0 Å². The van der Waals surface area contributed by atoms with Crippen LogP contribution in [0.2, 0.25) is 0 Å². The number of unbranched alkanes of at least 4 members (excludes halogenated alkanes) is 3. The van der Waals surface area contributed by atoms with E-state index in [1.54, 1.807) is 31.2 Å². The number of nitrogens with zero attached hydrogens (tertiary/aromatic N) is 1. The Hall–Kier alpha value is -2.38. The van der Waals surface area contributed by atoms with E-state index in [2.05, 4.69) is 15.8 Å². The van der Waals surface area contributed by atoms with E-state index in [9.17, 15) is 9.59 Å². The van der Waals surface area contributed by atoms with Gasteiger partial charge in [-0.3, -0.25) is 9.59 Å². The highest BCUT2D eigenvalue weighted by Crippen LogP contribution is 2.16. The Labute approximate surface area is 159 Å². The van der Waals surface area contributed by atoms with Crippen LogP contribution in [0.15, 0.2) is 35.0 Å². The number of amides is 2. The number of anilines is 2. The lowest BCUT2D eigenvalue weighted by Gasteiger charge is -2.07. The Morgan fingerprint density at radius 2 is 1.65 bits per heavy atom. The normalized spacial score (nSPS) is 10.1. The third kappa shape index (κ3) is 6.85. The number of aryl methyl sites for hydroxylation is 1. The van der Waals surface area contributed by atoms with Crippen LogP contribution < -0.4 is 16.4 Å². The first-order chi connectivity index (χ1) is 12.1. The minimum atomic E-state index is -0.284. The first-order valence-electron chi connectivity index (χ1n) is 8.42. The molecule has 0 unspecified atom stereocenters. The van der Waals surface area contributed by atoms with E-state index in [0.717, 1.165) is 25.7 Å². The molecule has 1 aromatic carbocycles. The predicted octanol–water partition coefficient (Wildman–Crippen LogP) is 3.50. The Bertz CT molecular complexity index is 701. The second kappa shape index (κ2) is 11.3. The van der Waals surface area contributed by atoms with Crippen LogP contribution in [-0.2, 0) is 4.79 Å². The fraction of sp³-hybridized carbons (Fsp3) is 0.389. The van der Waals surface area contributed by atoms with E-state index in [4.69, 9.17) is 10.3 Å². The van der Waals surface area contributed by atoms with Gasteiger partial charge in [0.2, 0.25) is 5.91 Å². The summed E-state index contributed by atoms with van der Waals surface area (Å²) < 4.78 is 4.88. The maximum Gasteiger partial charge on any atom is 0.260 e. The lowest BCUT2D eigenvalue weighted by Crippen LogP contribution is -2.13. The zero-order valence-corrected chi connectivity index (χ0v) is 15.6. The molecule has 26 heavy (non-hydrogen) atoms. The average molecular weight is 381 g/mol. The molecule has 0 aliphatic heterocycles. The number of carbonyl (C=O) groups is 2. The van der Waals surface area contributed by atoms with Crippen LogP contribution in [0.25, 0.3) is 0 Å². The predicted molar refractivity (Wildman–Crippen MR) is 104 cm³/mol. The van der Waals surface area contributed by atoms with Gasteiger partial charge in [0.05, 0.1) is 6.20 Å². The summed E-state index contributed by atoms with van der Waals surface area (Å²) in [4.78, 5) is 23.9. The molecule has 1 aromatic heterocycles. The Balaban J connectivity index is 0.00000338. The standard InChI is InChI=1S/C18H24N4O3.ClH/c1-13-16(12-20-25-13)18(24)22-15-9-7-14(8-10-15)21-17(23)6-4-2-3-5-11-19;/h7-10,12H,2-6,11,19H2,1H3,(H,21,23)(H,22,24);1H. The number of nitrogens with one attached hydrogen (secondary N) is 2. The minimum absolute atomic E-state index is 0. The smallest absolute Gasteiger partial charge is 0.260 e. The van der Waals surface area contributed by atoms with Crippen molar-refractivity contribution in [2.75, 3.05) is 17.2 Å². The second-order valence-corrected chi connectivity index (χ2v) is 5.83. The molecule has 0 fully saturated rings. The summed E-state index contributed by atoms with van der Waals surface area (Å²) in [6.45, 7) is 2.38. The summed E-state index contributed by atoms with van der Waals surface area (Å²) in [5.41, 5.74) is 7.16. The van der Waals surface area contributed by atoms with Crippen molar-refractivity contribution in [3.8, 4) is 0 Å². The van der Waals surface area contributed by atoms with Gasteiger partial charge in [0.1, 0.15) is 11.3 Å². The third-order valence-electron chi connectivity index (χ3n) is 3.78. The molecule has 0 radical (unpaired) electrons. The molecule has 0 aliphatic carbocycles. The molecule has 0 saturated heterocycles. The highest BCUT2D eigenvalue weighted by atomic mass is 35.5. The van der Waals surface area contributed by atoms with Gasteiger partial charge in [0.15, 0.2) is 0 Å². The van der Waals surface area contributed by atoms with Crippen LogP contribution in [0, 0.1) is 6.92 Å². The number of nitrogens with two attached hydrogens (primary N) is 1. The average Bonchev–Trinajstić information content (AvgIpc) is 3.02. The number of halogens is 1. The van der Waals surface area contributed by atoms with Crippen molar-refractivity contribution in [2.45, 2.75) is 39.0 Å². The van der Waals surface area contributed by atoms with Gasteiger partial charge < -0.3 is 20.9 Å². The molecule has 0 aliphatic rings. The molecule has 7 nitrogen and oxygen atoms in total. The van der Waals surface area contributed by atoms with Gasteiger partial charge >= 0.3 is 0 Å². The second-order valence-electron chi connectivity index (χ2n) is 5.83. The summed E-state index contributed by atoms with van der Waals surface area (Å²) in [5, 5.41) is 9.19. The number of carbonyl (C=O) groups excluding carboxylic acids is 2. The van der Waals surface area contributed by atoms with Crippen molar-refractivity contribution >= 4 is 35.6 Å². The van der Waals surface area contributed by atoms with Crippen molar-refractivity contribution in [1.82, 2.24) is 5.16 Å². The lowest BCUT2D eigenvalue weighted by molar-refractivity contribution is -0.116. The van der Waals surface area contributed by atoms with Crippen LogP contribution in [-0.4, -0.2) is 23.5 Å². The van der Waals surface area contributed by atoms with Crippen LogP contribution in [0.1, 0.15) is 48.2 Å². The Morgan fingerprint density at radius 3 is 2.23 bits per heavy atom. The molecule has 2 amide bonds. The highest BCUT2D eigenvalue weighted by Gasteiger charge is 2.12. The molecule has 2 rings (SSSR count). The van der Waals surface area contributed by atoms with Gasteiger partial charge in [-0.15, -0.1) is 12.4 Å². The van der Waals surface area contributed by atoms with Crippen molar-refractivity contribution < 1.29 is 14.1 Å². The van der Waals surface area contributed by atoms with Crippen LogP contribution in [0.3, 0.4) is 0 Å². The van der Waals surface area contributed by atoms with E-state index in [0.29, 0.717) is 35.7 Å². The number of rotatable bonds is 9. The summed E-state index contributed by atoms with van der Waals surface area (Å²) in [5.74, 6) is 0.172. The number of aromatic nitrogens is 1. The van der Waals surface area contributed by atoms with E-state index < -0.39 is 0 Å². The Morgan fingerprint density at radius 1 is 1.04 bits per heavy atom. The monoisotopic (exact) mass is 380 g/mol. The summed E-state index contributed by atoms with van der Waals surface area (Å²) in [6.07, 6.45) is 5.81. The summed E-state index contributed by atoms with van der Waals surface area (Å²) >= 11 is 0. The molecule has 0 atom stereocenters. The first kappa shape index (κ1) is 21.7. The van der Waals surface area contributed by atoms with E-state index in [1.165, 1.54) is 6.20 Å². The van der Waals surface area contributed by atoms with Gasteiger partial charge in [-0.2, -0.15) is 0 Å². The highest BCUT2D eigenvalue weighted by molar-refractivity contribution is 6.04. The summed E-state index contributed by atoms with van der Waals surface area (Å²) in [6, 6.07) is 6.97. The van der Waals surface area contributed by atoms with Crippen LogP contribution >= 0.6 is 12.4 Å². The van der Waals surface area contributed by atoms with Crippen LogP contribution in [0.5, 0.6) is 0 Å². The maximum atomic E-state index is 12.1.